The lowest BCUT2D eigenvalue weighted by Gasteiger charge is -2.27. The molecule has 0 amide bonds. The van der Waals surface area contributed by atoms with E-state index in [2.05, 4.69) is 32.3 Å². The summed E-state index contributed by atoms with van der Waals surface area (Å²) >= 11 is 0. The van der Waals surface area contributed by atoms with E-state index in [4.69, 9.17) is 4.52 Å². The number of piperidine rings is 1. The van der Waals surface area contributed by atoms with E-state index in [9.17, 15) is 0 Å². The van der Waals surface area contributed by atoms with Gasteiger partial charge in [-0.3, -0.25) is 5.10 Å². The van der Waals surface area contributed by atoms with E-state index in [0.717, 1.165) is 42.2 Å². The van der Waals surface area contributed by atoms with Crippen LogP contribution >= 0.6 is 0 Å². The largest absolute Gasteiger partial charge is 0.334 e. The Kier molecular flexibility index (Phi) is 4.13. The standard InChI is InChI=1S/C18H21N5O/c1-23-10-7-13(8-11-23)12-17-20-18(24-22-17)15-4-2-14(3-5-15)16-6-9-19-21-16/h2-6,9,13H,7-8,10-12H2,1H3,(H,19,21). The average Bonchev–Trinajstić information content (AvgIpc) is 3.29. The van der Waals surface area contributed by atoms with Crippen molar-refractivity contribution in [2.45, 2.75) is 19.3 Å². The molecular formula is C18H21N5O. The SMILES string of the molecule is CN1CCC(Cc2noc(-c3ccc(-c4ccn[nH]4)cc3)n2)CC1. The molecule has 3 heterocycles. The van der Waals surface area contributed by atoms with Gasteiger partial charge < -0.3 is 9.42 Å². The summed E-state index contributed by atoms with van der Waals surface area (Å²) in [6.07, 6.45) is 5.07. The summed E-state index contributed by atoms with van der Waals surface area (Å²) in [7, 11) is 2.18. The Labute approximate surface area is 140 Å². The fraction of sp³-hybridized carbons (Fsp3) is 0.389. The van der Waals surface area contributed by atoms with Gasteiger partial charge in [0.15, 0.2) is 5.82 Å². The van der Waals surface area contributed by atoms with Gasteiger partial charge in [0.05, 0.1) is 5.69 Å². The van der Waals surface area contributed by atoms with Crippen molar-refractivity contribution in [2.24, 2.45) is 5.92 Å². The van der Waals surface area contributed by atoms with Crippen LogP contribution in [0.1, 0.15) is 18.7 Å². The number of H-pyrrole nitrogens is 1. The maximum Gasteiger partial charge on any atom is 0.257 e. The van der Waals surface area contributed by atoms with Crippen LogP contribution < -0.4 is 0 Å². The monoisotopic (exact) mass is 323 g/mol. The minimum absolute atomic E-state index is 0.592. The topological polar surface area (TPSA) is 70.8 Å². The van der Waals surface area contributed by atoms with E-state index in [0.29, 0.717) is 11.8 Å². The first-order chi connectivity index (χ1) is 11.8. The van der Waals surface area contributed by atoms with E-state index < -0.39 is 0 Å². The van der Waals surface area contributed by atoms with Gasteiger partial charge in [-0.1, -0.05) is 17.3 Å². The average molecular weight is 323 g/mol. The van der Waals surface area contributed by atoms with Crippen LogP contribution in [0.3, 0.4) is 0 Å². The highest BCUT2D eigenvalue weighted by Crippen LogP contribution is 2.24. The molecule has 0 saturated carbocycles. The van der Waals surface area contributed by atoms with E-state index in [1.54, 1.807) is 6.20 Å². The van der Waals surface area contributed by atoms with Crippen molar-refractivity contribution in [1.29, 1.82) is 0 Å². The van der Waals surface area contributed by atoms with Crippen molar-refractivity contribution >= 4 is 0 Å². The van der Waals surface area contributed by atoms with Crippen LogP contribution in [0.5, 0.6) is 0 Å². The fourth-order valence-electron chi connectivity index (χ4n) is 3.19. The number of aromatic amines is 1. The highest BCUT2D eigenvalue weighted by Gasteiger charge is 2.19. The number of nitrogens with zero attached hydrogens (tertiary/aromatic N) is 4. The molecule has 0 bridgehead atoms. The maximum atomic E-state index is 5.45. The van der Waals surface area contributed by atoms with Crippen LogP contribution in [-0.4, -0.2) is 45.4 Å². The molecule has 1 saturated heterocycles. The van der Waals surface area contributed by atoms with E-state index in [1.807, 2.05) is 30.3 Å². The quantitative estimate of drug-likeness (QED) is 0.799. The molecule has 2 aromatic heterocycles. The number of likely N-dealkylation sites (tertiary alicyclic amines) is 1. The summed E-state index contributed by atoms with van der Waals surface area (Å²) in [6, 6.07) is 10.0. The zero-order valence-electron chi connectivity index (χ0n) is 13.8. The van der Waals surface area contributed by atoms with Crippen LogP contribution in [0, 0.1) is 5.92 Å². The number of hydrogen-bond donors (Lipinski definition) is 1. The molecule has 0 unspecified atom stereocenters. The van der Waals surface area contributed by atoms with Crippen molar-refractivity contribution in [1.82, 2.24) is 25.2 Å². The molecule has 0 spiro atoms. The second kappa shape index (κ2) is 6.57. The van der Waals surface area contributed by atoms with Gasteiger partial charge in [0.1, 0.15) is 0 Å². The first-order valence-electron chi connectivity index (χ1n) is 8.39. The van der Waals surface area contributed by atoms with Gasteiger partial charge in [-0.2, -0.15) is 10.1 Å². The number of nitrogens with one attached hydrogen (secondary N) is 1. The predicted octanol–water partition coefficient (Wildman–Crippen LogP) is 3.01. The van der Waals surface area contributed by atoms with Gasteiger partial charge in [0.2, 0.25) is 0 Å². The van der Waals surface area contributed by atoms with Gasteiger partial charge in [-0.05, 0) is 62.7 Å². The molecule has 1 aliphatic heterocycles. The van der Waals surface area contributed by atoms with Crippen LogP contribution in [0.15, 0.2) is 41.1 Å². The van der Waals surface area contributed by atoms with E-state index in [-0.39, 0.29) is 0 Å². The minimum Gasteiger partial charge on any atom is -0.334 e. The Morgan fingerprint density at radius 2 is 1.88 bits per heavy atom. The number of hydrogen-bond acceptors (Lipinski definition) is 5. The molecule has 1 N–H and O–H groups in total. The molecule has 0 atom stereocenters. The molecule has 1 aliphatic rings. The minimum atomic E-state index is 0.592. The van der Waals surface area contributed by atoms with Crippen molar-refractivity contribution in [3.05, 3.63) is 42.4 Å². The van der Waals surface area contributed by atoms with Gasteiger partial charge in [-0.25, -0.2) is 0 Å². The third kappa shape index (κ3) is 3.23. The van der Waals surface area contributed by atoms with Crippen LogP contribution in [0.4, 0.5) is 0 Å². The second-order valence-corrected chi connectivity index (χ2v) is 6.51. The van der Waals surface area contributed by atoms with Crippen LogP contribution in [-0.2, 0) is 6.42 Å². The molecule has 24 heavy (non-hydrogen) atoms. The van der Waals surface area contributed by atoms with Gasteiger partial charge in [0.25, 0.3) is 5.89 Å². The fourth-order valence-corrected chi connectivity index (χ4v) is 3.19. The molecule has 4 rings (SSSR count). The highest BCUT2D eigenvalue weighted by atomic mass is 16.5. The smallest absolute Gasteiger partial charge is 0.257 e. The number of aromatic nitrogens is 4. The normalized spacial score (nSPS) is 16.5. The third-order valence-electron chi connectivity index (χ3n) is 4.72. The summed E-state index contributed by atoms with van der Waals surface area (Å²) in [4.78, 5) is 6.95. The first kappa shape index (κ1) is 15.1. The Hall–Kier alpha value is -2.47. The molecule has 3 aromatic rings. The molecule has 1 fully saturated rings. The number of rotatable bonds is 4. The number of benzene rings is 1. The predicted molar refractivity (Wildman–Crippen MR) is 91.2 cm³/mol. The second-order valence-electron chi connectivity index (χ2n) is 6.51. The zero-order chi connectivity index (χ0) is 16.4. The zero-order valence-corrected chi connectivity index (χ0v) is 13.8. The van der Waals surface area contributed by atoms with Gasteiger partial charge in [-0.15, -0.1) is 0 Å². The summed E-state index contributed by atoms with van der Waals surface area (Å²) in [5.41, 5.74) is 3.03. The molecule has 124 valence electrons. The Morgan fingerprint density at radius 1 is 1.12 bits per heavy atom. The lowest BCUT2D eigenvalue weighted by atomic mass is 9.94. The van der Waals surface area contributed by atoms with Gasteiger partial charge >= 0.3 is 0 Å². The van der Waals surface area contributed by atoms with Crippen molar-refractivity contribution in [2.75, 3.05) is 20.1 Å². The summed E-state index contributed by atoms with van der Waals surface area (Å²) in [6.45, 7) is 2.31. The highest BCUT2D eigenvalue weighted by molar-refractivity contribution is 5.64. The summed E-state index contributed by atoms with van der Waals surface area (Å²) in [5.74, 6) is 2.07. The van der Waals surface area contributed by atoms with Crippen molar-refractivity contribution in [3.63, 3.8) is 0 Å². The van der Waals surface area contributed by atoms with E-state index >= 15 is 0 Å². The lowest BCUT2D eigenvalue weighted by molar-refractivity contribution is 0.216. The maximum absolute atomic E-state index is 5.45. The van der Waals surface area contributed by atoms with Crippen molar-refractivity contribution in [3.8, 4) is 22.7 Å². The summed E-state index contributed by atoms with van der Waals surface area (Å²) in [5, 5.41) is 11.1. The molecule has 0 radical (unpaired) electrons. The molecule has 1 aromatic carbocycles. The first-order valence-corrected chi connectivity index (χ1v) is 8.39. The molecular weight excluding hydrogens is 302 g/mol. The van der Waals surface area contributed by atoms with Crippen LogP contribution in [0.2, 0.25) is 0 Å². The molecule has 6 heteroatoms. The van der Waals surface area contributed by atoms with Crippen molar-refractivity contribution < 1.29 is 4.52 Å². The Bertz CT molecular complexity index is 770. The van der Waals surface area contributed by atoms with E-state index in [1.165, 1.54) is 12.8 Å². The Morgan fingerprint density at radius 3 is 2.58 bits per heavy atom. The lowest BCUT2D eigenvalue weighted by Crippen LogP contribution is -2.31. The van der Waals surface area contributed by atoms with Crippen LogP contribution in [0.25, 0.3) is 22.7 Å². The third-order valence-corrected chi connectivity index (χ3v) is 4.72. The molecule has 6 nitrogen and oxygen atoms in total. The molecule has 0 aliphatic carbocycles. The summed E-state index contributed by atoms with van der Waals surface area (Å²) < 4.78 is 5.45. The van der Waals surface area contributed by atoms with Gasteiger partial charge in [0, 0.05) is 18.2 Å². The Balaban J connectivity index is 1.44.